The monoisotopic (exact) mass is 566 g/mol. The zero-order chi connectivity index (χ0) is 28.6. The van der Waals surface area contributed by atoms with Crippen molar-refractivity contribution < 1.29 is 28.5 Å². The molecule has 6 nitrogen and oxygen atoms in total. The standard InChI is InChI=1S/C36H38O6/c37-33(39-23-32-24-40-34(38)42-32)28-11-13-31(14-12-28)36(29-7-3-1-4-8-29,30-9-5-2-6-10-30)41-16-15-35-20-25-17-26(21-35)19-27(18-25)22-35/h1-14,25-27,32H,15-24H2. The van der Waals surface area contributed by atoms with E-state index in [1.54, 1.807) is 12.1 Å². The third-order valence-corrected chi connectivity index (χ3v) is 10.1. The van der Waals surface area contributed by atoms with Gasteiger partial charge in [0.15, 0.2) is 6.10 Å². The third-order valence-electron chi connectivity index (χ3n) is 10.1. The maximum absolute atomic E-state index is 12.8. The molecule has 1 aliphatic heterocycles. The van der Waals surface area contributed by atoms with Crippen LogP contribution in [-0.2, 0) is 24.5 Å². The van der Waals surface area contributed by atoms with Crippen LogP contribution in [0, 0.1) is 23.2 Å². The summed E-state index contributed by atoms with van der Waals surface area (Å²) in [4.78, 5) is 24.0. The summed E-state index contributed by atoms with van der Waals surface area (Å²) in [6, 6.07) is 28.3. The van der Waals surface area contributed by atoms with E-state index in [1.807, 2.05) is 24.3 Å². The molecule has 3 aromatic rings. The van der Waals surface area contributed by atoms with Crippen molar-refractivity contribution in [2.45, 2.75) is 56.7 Å². The summed E-state index contributed by atoms with van der Waals surface area (Å²) < 4.78 is 22.3. The summed E-state index contributed by atoms with van der Waals surface area (Å²) in [5.41, 5.74) is 3.08. The van der Waals surface area contributed by atoms with Gasteiger partial charge < -0.3 is 18.9 Å². The van der Waals surface area contributed by atoms with Gasteiger partial charge in [-0.15, -0.1) is 0 Å². The minimum atomic E-state index is -0.831. The molecule has 42 heavy (non-hydrogen) atoms. The zero-order valence-electron chi connectivity index (χ0n) is 23.9. The Kier molecular flexibility index (Phi) is 7.27. The first-order valence-corrected chi connectivity index (χ1v) is 15.4. The van der Waals surface area contributed by atoms with Crippen molar-refractivity contribution in [2.24, 2.45) is 23.2 Å². The van der Waals surface area contributed by atoms with Gasteiger partial charge in [0.05, 0.1) is 5.56 Å². The molecule has 0 N–H and O–H groups in total. The van der Waals surface area contributed by atoms with E-state index in [1.165, 1.54) is 38.5 Å². The van der Waals surface area contributed by atoms with E-state index in [-0.39, 0.29) is 13.2 Å². The van der Waals surface area contributed by atoms with E-state index in [0.29, 0.717) is 17.6 Å². The number of carbonyl (C=O) groups is 2. The molecule has 3 aromatic carbocycles. The largest absolute Gasteiger partial charge is 0.508 e. The summed E-state index contributed by atoms with van der Waals surface area (Å²) >= 11 is 0. The maximum atomic E-state index is 12.8. The fourth-order valence-electron chi connectivity index (χ4n) is 8.65. The number of esters is 1. The number of rotatable bonds is 10. The van der Waals surface area contributed by atoms with Gasteiger partial charge in [-0.2, -0.15) is 0 Å². The lowest BCUT2D eigenvalue weighted by Crippen LogP contribution is -2.46. The summed E-state index contributed by atoms with van der Waals surface area (Å²) in [5, 5.41) is 0. The number of hydrogen-bond donors (Lipinski definition) is 0. The molecule has 6 heteroatoms. The van der Waals surface area contributed by atoms with E-state index in [4.69, 9.17) is 18.9 Å². The van der Waals surface area contributed by atoms with E-state index in [0.717, 1.165) is 40.9 Å². The average molecular weight is 567 g/mol. The molecule has 4 aliphatic carbocycles. The molecule has 0 aromatic heterocycles. The van der Waals surface area contributed by atoms with Crippen molar-refractivity contribution in [3.05, 3.63) is 107 Å². The highest BCUT2D eigenvalue weighted by Gasteiger charge is 2.51. The number of cyclic esters (lactones) is 2. The Morgan fingerprint density at radius 1 is 0.786 bits per heavy atom. The van der Waals surface area contributed by atoms with Crippen LogP contribution in [0.3, 0.4) is 0 Å². The predicted octanol–water partition coefficient (Wildman–Crippen LogP) is 7.29. The second-order valence-corrected chi connectivity index (χ2v) is 12.9. The Hall–Kier alpha value is -3.64. The molecule has 0 amide bonds. The Bertz CT molecular complexity index is 1330. The number of ether oxygens (including phenoxy) is 4. The highest BCUT2D eigenvalue weighted by Crippen LogP contribution is 2.61. The average Bonchev–Trinajstić information content (AvgIpc) is 3.43. The van der Waals surface area contributed by atoms with Crippen molar-refractivity contribution in [2.75, 3.05) is 19.8 Å². The number of carbonyl (C=O) groups excluding carboxylic acids is 2. The molecule has 4 saturated carbocycles. The molecule has 5 aliphatic rings. The van der Waals surface area contributed by atoms with Crippen molar-refractivity contribution >= 4 is 12.1 Å². The molecule has 4 bridgehead atoms. The SMILES string of the molecule is O=C1OCC(COC(=O)c2ccc(C(OCCC34CC5CC(CC(C5)C3)C4)(c3ccccc3)c3ccccc3)cc2)O1. The van der Waals surface area contributed by atoms with Gasteiger partial charge in [-0.05, 0) is 96.9 Å². The predicted molar refractivity (Wildman–Crippen MR) is 157 cm³/mol. The molecular formula is C36H38O6. The fraction of sp³-hybridized carbons (Fsp3) is 0.444. The van der Waals surface area contributed by atoms with E-state index in [2.05, 4.69) is 48.5 Å². The molecule has 1 heterocycles. The van der Waals surface area contributed by atoms with E-state index < -0.39 is 23.8 Å². The lowest BCUT2D eigenvalue weighted by molar-refractivity contribution is -0.0819. The summed E-state index contributed by atoms with van der Waals surface area (Å²) in [6.07, 6.45) is 8.15. The molecule has 1 saturated heterocycles. The summed E-state index contributed by atoms with van der Waals surface area (Å²) in [7, 11) is 0. The highest BCUT2D eigenvalue weighted by atomic mass is 16.8. The number of benzene rings is 3. The van der Waals surface area contributed by atoms with Crippen LogP contribution in [0.2, 0.25) is 0 Å². The zero-order valence-corrected chi connectivity index (χ0v) is 23.9. The van der Waals surface area contributed by atoms with Gasteiger partial charge in [-0.25, -0.2) is 9.59 Å². The van der Waals surface area contributed by atoms with Gasteiger partial charge in [0.2, 0.25) is 0 Å². The van der Waals surface area contributed by atoms with Crippen molar-refractivity contribution in [1.82, 2.24) is 0 Å². The summed E-state index contributed by atoms with van der Waals surface area (Å²) in [5.74, 6) is 2.25. The minimum Gasteiger partial charge on any atom is -0.458 e. The molecule has 1 unspecified atom stereocenters. The Morgan fingerprint density at radius 3 is 1.86 bits per heavy atom. The smallest absolute Gasteiger partial charge is 0.458 e. The molecule has 218 valence electrons. The quantitative estimate of drug-likeness (QED) is 0.190. The van der Waals surface area contributed by atoms with Gasteiger partial charge in [0.25, 0.3) is 0 Å². The maximum Gasteiger partial charge on any atom is 0.508 e. The van der Waals surface area contributed by atoms with Crippen LogP contribution >= 0.6 is 0 Å². The van der Waals surface area contributed by atoms with Gasteiger partial charge in [0, 0.05) is 6.61 Å². The molecule has 0 radical (unpaired) electrons. The first kappa shape index (κ1) is 27.2. The van der Waals surface area contributed by atoms with Crippen molar-refractivity contribution in [1.29, 1.82) is 0 Å². The van der Waals surface area contributed by atoms with Crippen molar-refractivity contribution in [3.8, 4) is 0 Å². The molecule has 0 spiro atoms. The third kappa shape index (κ3) is 5.22. The van der Waals surface area contributed by atoms with Gasteiger partial charge >= 0.3 is 12.1 Å². The van der Waals surface area contributed by atoms with E-state index >= 15 is 0 Å². The molecule has 5 fully saturated rings. The van der Waals surface area contributed by atoms with Crippen LogP contribution in [0.5, 0.6) is 0 Å². The fourth-order valence-corrected chi connectivity index (χ4v) is 8.65. The van der Waals surface area contributed by atoms with Crippen molar-refractivity contribution in [3.63, 3.8) is 0 Å². The van der Waals surface area contributed by atoms with Crippen LogP contribution in [0.4, 0.5) is 4.79 Å². The van der Waals surface area contributed by atoms with Crippen LogP contribution in [0.25, 0.3) is 0 Å². The van der Waals surface area contributed by atoms with E-state index in [9.17, 15) is 9.59 Å². The number of hydrogen-bond acceptors (Lipinski definition) is 6. The van der Waals surface area contributed by atoms with Gasteiger partial charge in [-0.1, -0.05) is 72.8 Å². The first-order valence-electron chi connectivity index (χ1n) is 15.4. The van der Waals surface area contributed by atoms with Gasteiger partial charge in [0.1, 0.15) is 18.8 Å². The Balaban J connectivity index is 1.17. The lowest BCUT2D eigenvalue weighted by Gasteiger charge is -2.57. The van der Waals surface area contributed by atoms with Gasteiger partial charge in [-0.3, -0.25) is 0 Å². The lowest BCUT2D eigenvalue weighted by atomic mass is 9.49. The normalized spacial score (nSPS) is 27.9. The Labute approximate surface area is 247 Å². The molecular weight excluding hydrogens is 528 g/mol. The second-order valence-electron chi connectivity index (χ2n) is 12.9. The minimum absolute atomic E-state index is 0.0439. The topological polar surface area (TPSA) is 71.1 Å². The molecule has 8 rings (SSSR count). The highest BCUT2D eigenvalue weighted by molar-refractivity contribution is 5.89. The van der Waals surface area contributed by atoms with Crippen LogP contribution in [-0.4, -0.2) is 38.0 Å². The van der Waals surface area contributed by atoms with Crippen LogP contribution < -0.4 is 0 Å². The Morgan fingerprint density at radius 2 is 1.33 bits per heavy atom. The first-order chi connectivity index (χ1) is 20.5. The molecule has 1 atom stereocenters. The summed E-state index contributed by atoms with van der Waals surface area (Å²) in [6.45, 7) is 0.710. The van der Waals surface area contributed by atoms with Crippen LogP contribution in [0.15, 0.2) is 84.9 Å². The second kappa shape index (κ2) is 11.2. The van der Waals surface area contributed by atoms with Crippen LogP contribution in [0.1, 0.15) is 72.0 Å².